The molecule has 2 aromatic carbocycles. The Balaban J connectivity index is 2.60. The summed E-state index contributed by atoms with van der Waals surface area (Å²) in [6.45, 7) is 0. The van der Waals surface area contributed by atoms with Gasteiger partial charge in [-0.25, -0.2) is 0 Å². The monoisotopic (exact) mass is 336 g/mol. The minimum Gasteiger partial charge on any atom is -0.293 e. The average Bonchev–Trinajstić information content (AvgIpc) is 2.63. The maximum atomic E-state index is 13.4. The molecule has 2 rings (SSSR count). The van der Waals surface area contributed by atoms with Crippen LogP contribution in [0.5, 0.6) is 0 Å². The lowest BCUT2D eigenvalue weighted by Gasteiger charge is -2.32. The highest BCUT2D eigenvalue weighted by molar-refractivity contribution is 6.34. The number of halogens is 1. The molecule has 0 saturated carbocycles. The summed E-state index contributed by atoms with van der Waals surface area (Å²) in [5, 5.41) is 18.5. The molecular weight excluding hydrogens is 320 g/mol. The van der Waals surface area contributed by atoms with Crippen LogP contribution < -0.4 is 0 Å². The van der Waals surface area contributed by atoms with E-state index in [1.54, 1.807) is 24.3 Å². The van der Waals surface area contributed by atoms with Gasteiger partial charge in [-0.15, -0.1) is 0 Å². The van der Waals surface area contributed by atoms with Gasteiger partial charge >= 0.3 is 0 Å². The number of Topliss-reactive ketones (excluding diaryl/α,β-unsaturated/α-hetero) is 1. The molecule has 4 heteroatoms. The minimum atomic E-state index is -0.919. The normalized spacial score (nSPS) is 10.6. The fourth-order valence-corrected chi connectivity index (χ4v) is 3.19. The molecule has 0 amide bonds. The lowest BCUT2D eigenvalue weighted by Crippen LogP contribution is -2.36. The van der Waals surface area contributed by atoms with Crippen molar-refractivity contribution >= 4 is 17.4 Å². The SMILES string of the molecule is N#CCCC(CCC#N)(C(=O)c1ccccc1Cl)c1ccccc1. The summed E-state index contributed by atoms with van der Waals surface area (Å²) in [6, 6.07) is 20.5. The molecule has 3 nitrogen and oxygen atoms in total. The Morgan fingerprint density at radius 1 is 0.917 bits per heavy atom. The largest absolute Gasteiger partial charge is 0.293 e. The molecule has 0 aliphatic heterocycles. The van der Waals surface area contributed by atoms with Gasteiger partial charge in [0.2, 0.25) is 0 Å². The van der Waals surface area contributed by atoms with Crippen LogP contribution in [0, 0.1) is 22.7 Å². The maximum Gasteiger partial charge on any atom is 0.174 e. The summed E-state index contributed by atoms with van der Waals surface area (Å²) in [5.74, 6) is -0.134. The van der Waals surface area contributed by atoms with Gasteiger partial charge in [-0.05, 0) is 30.5 Å². The van der Waals surface area contributed by atoms with Crippen molar-refractivity contribution in [2.24, 2.45) is 0 Å². The van der Waals surface area contributed by atoms with Gasteiger partial charge in [0, 0.05) is 18.4 Å². The minimum absolute atomic E-state index is 0.134. The van der Waals surface area contributed by atoms with Gasteiger partial charge in [0.05, 0.1) is 22.6 Å². The van der Waals surface area contributed by atoms with Gasteiger partial charge in [0.15, 0.2) is 5.78 Å². The molecular formula is C20H17ClN2O. The highest BCUT2D eigenvalue weighted by Gasteiger charge is 2.40. The van der Waals surface area contributed by atoms with E-state index in [0.717, 1.165) is 5.56 Å². The fourth-order valence-electron chi connectivity index (χ4n) is 2.97. The van der Waals surface area contributed by atoms with E-state index in [1.807, 2.05) is 30.3 Å². The molecule has 0 bridgehead atoms. The molecule has 0 spiro atoms. The van der Waals surface area contributed by atoms with Crippen molar-refractivity contribution in [2.45, 2.75) is 31.1 Å². The molecule has 2 aromatic rings. The Hall–Kier alpha value is -2.62. The number of hydrogen-bond acceptors (Lipinski definition) is 3. The van der Waals surface area contributed by atoms with Crippen LogP contribution in [0.4, 0.5) is 0 Å². The van der Waals surface area contributed by atoms with Crippen LogP contribution in [0.15, 0.2) is 54.6 Å². The summed E-state index contributed by atoms with van der Waals surface area (Å²) in [4.78, 5) is 13.4. The third-order valence-electron chi connectivity index (χ3n) is 4.21. The number of nitrogens with zero attached hydrogens (tertiary/aromatic N) is 2. The second-order valence-electron chi connectivity index (χ2n) is 5.57. The highest BCUT2D eigenvalue weighted by Crippen LogP contribution is 2.39. The molecule has 0 saturated heterocycles. The summed E-state index contributed by atoms with van der Waals surface area (Å²) in [7, 11) is 0. The van der Waals surface area contributed by atoms with Crippen LogP contribution in [0.2, 0.25) is 5.02 Å². The van der Waals surface area contributed by atoms with Crippen molar-refractivity contribution in [3.05, 3.63) is 70.7 Å². The lowest BCUT2D eigenvalue weighted by atomic mass is 9.68. The van der Waals surface area contributed by atoms with Crippen molar-refractivity contribution in [1.29, 1.82) is 10.5 Å². The Bertz CT molecular complexity index is 769. The second-order valence-corrected chi connectivity index (χ2v) is 5.98. The molecule has 0 aliphatic carbocycles. The molecule has 0 radical (unpaired) electrons. The van der Waals surface area contributed by atoms with Gasteiger partial charge in [-0.2, -0.15) is 10.5 Å². The van der Waals surface area contributed by atoms with Crippen LogP contribution in [0.3, 0.4) is 0 Å². The van der Waals surface area contributed by atoms with Crippen LogP contribution >= 0.6 is 11.6 Å². The van der Waals surface area contributed by atoms with E-state index in [-0.39, 0.29) is 18.6 Å². The first-order valence-electron chi connectivity index (χ1n) is 7.74. The smallest absolute Gasteiger partial charge is 0.174 e. The third-order valence-corrected chi connectivity index (χ3v) is 4.54. The third kappa shape index (κ3) is 3.65. The van der Waals surface area contributed by atoms with Crippen molar-refractivity contribution in [1.82, 2.24) is 0 Å². The first kappa shape index (κ1) is 17.7. The van der Waals surface area contributed by atoms with E-state index in [0.29, 0.717) is 23.4 Å². The summed E-state index contributed by atoms with van der Waals surface area (Å²) in [5.41, 5.74) is 0.330. The Morgan fingerprint density at radius 3 is 2.00 bits per heavy atom. The Kier molecular flexibility index (Phi) is 6.13. The maximum absolute atomic E-state index is 13.4. The Labute approximate surface area is 147 Å². The number of nitriles is 2. The topological polar surface area (TPSA) is 64.7 Å². The molecule has 0 fully saturated rings. The Morgan fingerprint density at radius 2 is 1.46 bits per heavy atom. The molecule has 120 valence electrons. The van der Waals surface area contributed by atoms with Gasteiger partial charge in [0.1, 0.15) is 0 Å². The summed E-state index contributed by atoms with van der Waals surface area (Å²) < 4.78 is 0. The van der Waals surface area contributed by atoms with Crippen LogP contribution in [-0.2, 0) is 5.41 Å². The standard InChI is InChI=1S/C20H17ClN2O/c21-18-11-5-4-10-17(18)19(24)20(12-6-14-22,13-7-15-23)16-8-2-1-3-9-16/h1-5,8-11H,6-7,12-13H2. The average molecular weight is 337 g/mol. The van der Waals surface area contributed by atoms with Crippen molar-refractivity contribution in [3.8, 4) is 12.1 Å². The van der Waals surface area contributed by atoms with Gasteiger partial charge < -0.3 is 0 Å². The molecule has 0 unspecified atom stereocenters. The van der Waals surface area contributed by atoms with Crippen molar-refractivity contribution in [2.75, 3.05) is 0 Å². The van der Waals surface area contributed by atoms with E-state index >= 15 is 0 Å². The number of rotatable bonds is 7. The van der Waals surface area contributed by atoms with Gasteiger partial charge in [-0.1, -0.05) is 54.1 Å². The molecule has 0 N–H and O–H groups in total. The zero-order valence-corrected chi connectivity index (χ0v) is 14.0. The number of carbonyl (C=O) groups is 1. The summed E-state index contributed by atoms with van der Waals surface area (Å²) in [6.07, 6.45) is 1.19. The van der Waals surface area contributed by atoms with E-state index in [9.17, 15) is 4.79 Å². The zero-order valence-electron chi connectivity index (χ0n) is 13.2. The lowest BCUT2D eigenvalue weighted by molar-refractivity contribution is 0.0866. The summed E-state index contributed by atoms with van der Waals surface area (Å²) >= 11 is 6.23. The van der Waals surface area contributed by atoms with E-state index in [2.05, 4.69) is 12.1 Å². The zero-order chi connectivity index (χ0) is 17.4. The first-order chi connectivity index (χ1) is 11.7. The van der Waals surface area contributed by atoms with Crippen molar-refractivity contribution < 1.29 is 4.79 Å². The first-order valence-corrected chi connectivity index (χ1v) is 8.12. The van der Waals surface area contributed by atoms with E-state index in [4.69, 9.17) is 22.1 Å². The predicted molar refractivity (Wildman–Crippen MR) is 93.6 cm³/mol. The second kappa shape index (κ2) is 8.29. The predicted octanol–water partition coefficient (Wildman–Crippen LogP) is 5.07. The van der Waals surface area contributed by atoms with Crippen molar-refractivity contribution in [3.63, 3.8) is 0 Å². The van der Waals surface area contributed by atoms with Crippen LogP contribution in [0.25, 0.3) is 0 Å². The number of benzene rings is 2. The molecule has 0 atom stereocenters. The van der Waals surface area contributed by atoms with Crippen LogP contribution in [-0.4, -0.2) is 5.78 Å². The molecule has 0 aliphatic rings. The molecule has 0 aromatic heterocycles. The highest BCUT2D eigenvalue weighted by atomic mass is 35.5. The van der Waals surface area contributed by atoms with Gasteiger partial charge in [0.25, 0.3) is 0 Å². The van der Waals surface area contributed by atoms with E-state index < -0.39 is 5.41 Å². The number of ketones is 1. The number of carbonyl (C=O) groups excluding carboxylic acids is 1. The molecule has 24 heavy (non-hydrogen) atoms. The number of hydrogen-bond donors (Lipinski definition) is 0. The van der Waals surface area contributed by atoms with Crippen LogP contribution in [0.1, 0.15) is 41.6 Å². The molecule has 0 heterocycles. The quantitative estimate of drug-likeness (QED) is 0.663. The fraction of sp³-hybridized carbons (Fsp3) is 0.250. The van der Waals surface area contributed by atoms with E-state index in [1.165, 1.54) is 0 Å². The van der Waals surface area contributed by atoms with Gasteiger partial charge in [-0.3, -0.25) is 4.79 Å².